The highest BCUT2D eigenvalue weighted by Crippen LogP contribution is 2.28. The van der Waals surface area contributed by atoms with Crippen molar-refractivity contribution >= 4 is 17.5 Å². The maximum absolute atomic E-state index is 14.7. The molecule has 0 bridgehead atoms. The number of hydrogen-bond acceptors (Lipinski definition) is 5. The van der Waals surface area contributed by atoms with Crippen LogP contribution in [0.1, 0.15) is 44.2 Å². The molecule has 3 heterocycles. The molecule has 1 saturated heterocycles. The zero-order valence-electron chi connectivity index (χ0n) is 21.6. The first kappa shape index (κ1) is 26.6. The summed E-state index contributed by atoms with van der Waals surface area (Å²) in [6.07, 6.45) is 3.54. The summed E-state index contributed by atoms with van der Waals surface area (Å²) in [4.78, 5) is 25.3. The molecular formula is C29H28ClFN4O4. The van der Waals surface area contributed by atoms with E-state index in [9.17, 15) is 14.0 Å². The van der Waals surface area contributed by atoms with Crippen LogP contribution in [0.4, 0.5) is 4.39 Å². The Labute approximate surface area is 229 Å². The fourth-order valence-corrected chi connectivity index (χ4v) is 4.67. The lowest BCUT2D eigenvalue weighted by molar-refractivity contribution is 0.00620. The Morgan fingerprint density at radius 3 is 2.49 bits per heavy atom. The number of rotatable bonds is 9. The molecule has 1 aliphatic rings. The largest absolute Gasteiger partial charge is 0.494 e. The average Bonchev–Trinajstić information content (AvgIpc) is 3.29. The molecule has 0 unspecified atom stereocenters. The molecule has 202 valence electrons. The summed E-state index contributed by atoms with van der Waals surface area (Å²) < 4.78 is 28.4. The molecule has 5 rings (SSSR count). The minimum absolute atomic E-state index is 0.0131. The van der Waals surface area contributed by atoms with Gasteiger partial charge in [0.25, 0.3) is 11.5 Å². The van der Waals surface area contributed by atoms with Gasteiger partial charge in [0.1, 0.15) is 0 Å². The Hall–Kier alpha value is -3.95. The Balaban J connectivity index is 1.30. The van der Waals surface area contributed by atoms with Gasteiger partial charge in [-0.1, -0.05) is 41.9 Å². The van der Waals surface area contributed by atoms with E-state index in [1.807, 2.05) is 37.4 Å². The predicted molar refractivity (Wildman–Crippen MR) is 145 cm³/mol. The summed E-state index contributed by atoms with van der Waals surface area (Å²) in [5.41, 5.74) is 4.18. The summed E-state index contributed by atoms with van der Waals surface area (Å²) in [7, 11) is 1.37. The maximum atomic E-state index is 14.7. The zero-order valence-corrected chi connectivity index (χ0v) is 22.4. The van der Waals surface area contributed by atoms with Crippen molar-refractivity contribution in [2.75, 3.05) is 20.3 Å². The molecule has 4 aromatic rings. The quantitative estimate of drug-likeness (QED) is 0.336. The number of nitrogens with one attached hydrogen (secondary N) is 1. The lowest BCUT2D eigenvalue weighted by Gasteiger charge is -2.25. The number of ether oxygens (including phenoxy) is 2. The molecule has 1 aliphatic heterocycles. The van der Waals surface area contributed by atoms with E-state index in [4.69, 9.17) is 21.1 Å². The van der Waals surface area contributed by atoms with E-state index in [-0.39, 0.29) is 40.3 Å². The number of pyridine rings is 1. The van der Waals surface area contributed by atoms with E-state index in [0.717, 1.165) is 16.7 Å². The number of halogens is 2. The second-order valence-corrected chi connectivity index (χ2v) is 9.98. The van der Waals surface area contributed by atoms with Gasteiger partial charge in [0.2, 0.25) is 0 Å². The number of nitrogens with zero attached hydrogens (tertiary/aromatic N) is 3. The SMILES string of the molecule is COc1ccc(Cl)c(CNC(=O)c2cn(Cc3ccc(Cn4cc(C)ccc4=O)cc3)nc2C2COC2)c1F. The Bertz CT molecular complexity index is 1560. The summed E-state index contributed by atoms with van der Waals surface area (Å²) in [5.74, 6) is -0.912. The summed E-state index contributed by atoms with van der Waals surface area (Å²) in [6.45, 7) is 3.76. The van der Waals surface area contributed by atoms with Crippen molar-refractivity contribution in [1.82, 2.24) is 19.7 Å². The second-order valence-electron chi connectivity index (χ2n) is 9.57. The molecule has 2 aromatic heterocycles. The molecule has 1 fully saturated rings. The minimum Gasteiger partial charge on any atom is -0.494 e. The van der Waals surface area contributed by atoms with Gasteiger partial charge in [-0.2, -0.15) is 5.10 Å². The van der Waals surface area contributed by atoms with Crippen molar-refractivity contribution in [2.45, 2.75) is 32.5 Å². The van der Waals surface area contributed by atoms with E-state index in [1.165, 1.54) is 19.2 Å². The van der Waals surface area contributed by atoms with Crippen LogP contribution in [0.2, 0.25) is 5.02 Å². The molecule has 0 atom stereocenters. The van der Waals surface area contributed by atoms with Gasteiger partial charge in [-0.25, -0.2) is 4.39 Å². The number of hydrogen-bond donors (Lipinski definition) is 1. The maximum Gasteiger partial charge on any atom is 0.255 e. The number of carbonyl (C=O) groups excluding carboxylic acids is 1. The molecule has 0 aliphatic carbocycles. The van der Waals surface area contributed by atoms with Gasteiger partial charge >= 0.3 is 0 Å². The molecule has 0 spiro atoms. The van der Waals surface area contributed by atoms with E-state index in [0.29, 0.717) is 37.6 Å². The standard InChI is InChI=1S/C29H28ClFN4O4/c1-18-3-10-26(36)34(12-18)13-19-4-6-20(7-5-19)14-35-15-23(28(33-35)21-16-39-17-21)29(37)32-11-22-24(30)8-9-25(38-2)27(22)31/h3-10,12,15,21H,11,13-14,16-17H2,1-2H3,(H,32,37). The van der Waals surface area contributed by atoms with Gasteiger partial charge in [-0.3, -0.25) is 14.3 Å². The topological polar surface area (TPSA) is 87.4 Å². The van der Waals surface area contributed by atoms with Gasteiger partial charge in [0.15, 0.2) is 11.6 Å². The summed E-state index contributed by atoms with van der Waals surface area (Å²) >= 11 is 6.17. The van der Waals surface area contributed by atoms with Crippen molar-refractivity contribution in [1.29, 1.82) is 0 Å². The smallest absolute Gasteiger partial charge is 0.255 e. The average molecular weight is 551 g/mol. The van der Waals surface area contributed by atoms with Crippen LogP contribution in [0.5, 0.6) is 5.75 Å². The van der Waals surface area contributed by atoms with Crippen molar-refractivity contribution in [2.24, 2.45) is 0 Å². The van der Waals surface area contributed by atoms with Crippen LogP contribution in [-0.2, 0) is 24.4 Å². The van der Waals surface area contributed by atoms with Crippen LogP contribution in [0, 0.1) is 12.7 Å². The molecule has 10 heteroatoms. The first-order chi connectivity index (χ1) is 18.8. The van der Waals surface area contributed by atoms with Gasteiger partial charge in [-0.05, 0) is 35.7 Å². The molecule has 8 nitrogen and oxygen atoms in total. The van der Waals surface area contributed by atoms with Crippen LogP contribution < -0.4 is 15.6 Å². The van der Waals surface area contributed by atoms with Crippen LogP contribution in [0.25, 0.3) is 0 Å². The van der Waals surface area contributed by atoms with Crippen molar-refractivity contribution in [3.8, 4) is 5.75 Å². The molecule has 2 aromatic carbocycles. The molecule has 0 saturated carbocycles. The van der Waals surface area contributed by atoms with Gasteiger partial charge < -0.3 is 19.4 Å². The molecule has 0 radical (unpaired) electrons. The van der Waals surface area contributed by atoms with Crippen molar-refractivity contribution in [3.05, 3.63) is 116 Å². The van der Waals surface area contributed by atoms with Crippen LogP contribution in [0.15, 0.2) is 65.7 Å². The number of aryl methyl sites for hydroxylation is 1. The number of benzene rings is 2. The van der Waals surface area contributed by atoms with Crippen LogP contribution >= 0.6 is 11.6 Å². The van der Waals surface area contributed by atoms with E-state index < -0.39 is 5.82 Å². The summed E-state index contributed by atoms with van der Waals surface area (Å²) in [6, 6.07) is 14.3. The Kier molecular flexibility index (Phi) is 7.81. The van der Waals surface area contributed by atoms with Crippen molar-refractivity contribution in [3.63, 3.8) is 0 Å². The van der Waals surface area contributed by atoms with Gasteiger partial charge in [0.05, 0.1) is 50.6 Å². The van der Waals surface area contributed by atoms with Crippen LogP contribution in [0.3, 0.4) is 0 Å². The zero-order chi connectivity index (χ0) is 27.5. The Morgan fingerprint density at radius 2 is 1.82 bits per heavy atom. The highest BCUT2D eigenvalue weighted by molar-refractivity contribution is 6.31. The normalized spacial score (nSPS) is 13.2. The molecule has 1 N–H and O–H groups in total. The third-order valence-electron chi connectivity index (χ3n) is 6.71. The Morgan fingerprint density at radius 1 is 1.10 bits per heavy atom. The summed E-state index contributed by atoms with van der Waals surface area (Å²) in [5, 5.41) is 7.66. The fraction of sp³-hybridized carbons (Fsp3) is 0.276. The first-order valence-electron chi connectivity index (χ1n) is 12.5. The third kappa shape index (κ3) is 5.89. The molecule has 1 amide bonds. The van der Waals surface area contributed by atoms with Gasteiger partial charge in [-0.15, -0.1) is 0 Å². The van der Waals surface area contributed by atoms with E-state index >= 15 is 0 Å². The molecular weight excluding hydrogens is 523 g/mol. The fourth-order valence-electron chi connectivity index (χ4n) is 4.46. The lowest BCUT2D eigenvalue weighted by Crippen LogP contribution is -2.30. The molecule has 39 heavy (non-hydrogen) atoms. The van der Waals surface area contributed by atoms with Gasteiger partial charge in [0, 0.05) is 35.6 Å². The lowest BCUT2D eigenvalue weighted by atomic mass is 10.00. The third-order valence-corrected chi connectivity index (χ3v) is 7.06. The number of amides is 1. The number of methoxy groups -OCH3 is 1. The number of carbonyl (C=O) groups is 1. The van der Waals surface area contributed by atoms with E-state index in [2.05, 4.69) is 10.4 Å². The first-order valence-corrected chi connectivity index (χ1v) is 12.9. The highest BCUT2D eigenvalue weighted by Gasteiger charge is 2.29. The monoisotopic (exact) mass is 550 g/mol. The number of aromatic nitrogens is 3. The van der Waals surface area contributed by atoms with Crippen molar-refractivity contribution < 1.29 is 18.7 Å². The van der Waals surface area contributed by atoms with E-state index in [1.54, 1.807) is 27.6 Å². The van der Waals surface area contributed by atoms with Crippen LogP contribution in [-0.4, -0.2) is 40.6 Å². The minimum atomic E-state index is -0.607. The highest BCUT2D eigenvalue weighted by atomic mass is 35.5. The second kappa shape index (κ2) is 11.4. The predicted octanol–water partition coefficient (Wildman–Crippen LogP) is 4.29.